The molecule has 0 aliphatic heterocycles. The largest absolute Gasteiger partial charge is 0.397 e. The third-order valence-corrected chi connectivity index (χ3v) is 3.77. The number of nitrogen functional groups attached to an aromatic ring is 1. The van der Waals surface area contributed by atoms with Crippen molar-refractivity contribution in [3.8, 4) is 0 Å². The van der Waals surface area contributed by atoms with E-state index in [-0.39, 0.29) is 11.2 Å². The molecule has 0 aromatic carbocycles. The normalized spacial score (nSPS) is 14.1. The number of pyridine rings is 1. The summed E-state index contributed by atoms with van der Waals surface area (Å²) < 4.78 is 11.1. The SMILES string of the molecule is Cc1ncc(N)cc1C(=O)NCC(C)S(C)=O. The van der Waals surface area contributed by atoms with Crippen LogP contribution in [0.25, 0.3) is 0 Å². The number of rotatable bonds is 4. The summed E-state index contributed by atoms with van der Waals surface area (Å²) >= 11 is 0. The molecule has 1 heterocycles. The van der Waals surface area contributed by atoms with Crippen molar-refractivity contribution in [3.05, 3.63) is 23.5 Å². The average molecular weight is 255 g/mol. The molecule has 1 aromatic heterocycles. The van der Waals surface area contributed by atoms with Crippen molar-refractivity contribution in [1.82, 2.24) is 10.3 Å². The van der Waals surface area contributed by atoms with Crippen molar-refractivity contribution in [3.63, 3.8) is 0 Å². The van der Waals surface area contributed by atoms with Crippen LogP contribution in [-0.2, 0) is 10.8 Å². The van der Waals surface area contributed by atoms with Crippen LogP contribution in [0, 0.1) is 6.92 Å². The lowest BCUT2D eigenvalue weighted by Crippen LogP contribution is -2.33. The highest BCUT2D eigenvalue weighted by molar-refractivity contribution is 7.84. The fraction of sp³-hybridized carbons (Fsp3) is 0.455. The zero-order valence-electron chi connectivity index (χ0n) is 10.2. The van der Waals surface area contributed by atoms with Gasteiger partial charge in [0.2, 0.25) is 0 Å². The summed E-state index contributed by atoms with van der Waals surface area (Å²) in [6, 6.07) is 1.59. The first-order valence-corrected chi connectivity index (χ1v) is 6.86. The van der Waals surface area contributed by atoms with Gasteiger partial charge in [0.1, 0.15) is 0 Å². The Labute approximate surface area is 103 Å². The minimum atomic E-state index is -0.948. The predicted molar refractivity (Wildman–Crippen MR) is 69.2 cm³/mol. The molecular formula is C11H17N3O2S. The van der Waals surface area contributed by atoms with Crippen molar-refractivity contribution in [1.29, 1.82) is 0 Å². The number of aromatic nitrogens is 1. The van der Waals surface area contributed by atoms with Gasteiger partial charge in [0.25, 0.3) is 5.91 Å². The highest BCUT2D eigenvalue weighted by Gasteiger charge is 2.12. The molecular weight excluding hydrogens is 238 g/mol. The van der Waals surface area contributed by atoms with Crippen LogP contribution in [0.1, 0.15) is 23.0 Å². The third kappa shape index (κ3) is 3.81. The number of amides is 1. The second kappa shape index (κ2) is 5.77. The summed E-state index contributed by atoms with van der Waals surface area (Å²) in [6.45, 7) is 3.94. The van der Waals surface area contributed by atoms with Gasteiger partial charge in [0.05, 0.1) is 23.1 Å². The van der Waals surface area contributed by atoms with E-state index < -0.39 is 10.8 Å². The van der Waals surface area contributed by atoms with Gasteiger partial charge < -0.3 is 11.1 Å². The van der Waals surface area contributed by atoms with E-state index in [0.29, 0.717) is 23.5 Å². The summed E-state index contributed by atoms with van der Waals surface area (Å²) in [7, 11) is -0.948. The van der Waals surface area contributed by atoms with E-state index in [9.17, 15) is 9.00 Å². The first-order chi connectivity index (χ1) is 7.91. The Morgan fingerprint density at radius 1 is 1.65 bits per heavy atom. The standard InChI is InChI=1S/C11H17N3O2S/c1-7(17(3)16)5-14-11(15)10-4-9(12)6-13-8(10)2/h4,6-7H,5,12H2,1-3H3,(H,14,15). The molecule has 1 amide bonds. The molecule has 17 heavy (non-hydrogen) atoms. The van der Waals surface area contributed by atoms with Crippen molar-refractivity contribution in [2.45, 2.75) is 19.1 Å². The van der Waals surface area contributed by atoms with Gasteiger partial charge in [0.15, 0.2) is 0 Å². The Morgan fingerprint density at radius 3 is 2.88 bits per heavy atom. The number of hydrogen-bond acceptors (Lipinski definition) is 4. The molecule has 0 bridgehead atoms. The molecule has 5 nitrogen and oxygen atoms in total. The van der Waals surface area contributed by atoms with Crippen LogP contribution in [0.15, 0.2) is 12.3 Å². The van der Waals surface area contributed by atoms with Gasteiger partial charge in [0, 0.05) is 28.9 Å². The molecule has 2 atom stereocenters. The second-order valence-corrected chi connectivity index (χ2v) is 5.72. The predicted octanol–water partition coefficient (Wildman–Crippen LogP) is 0.469. The maximum Gasteiger partial charge on any atom is 0.253 e. The Hall–Kier alpha value is -1.43. The van der Waals surface area contributed by atoms with Gasteiger partial charge >= 0.3 is 0 Å². The van der Waals surface area contributed by atoms with Gasteiger partial charge in [-0.25, -0.2) is 0 Å². The van der Waals surface area contributed by atoms with E-state index in [4.69, 9.17) is 5.73 Å². The van der Waals surface area contributed by atoms with Crippen molar-refractivity contribution < 1.29 is 9.00 Å². The zero-order valence-corrected chi connectivity index (χ0v) is 11.0. The van der Waals surface area contributed by atoms with E-state index in [1.807, 2.05) is 6.92 Å². The topological polar surface area (TPSA) is 85.1 Å². The molecule has 2 unspecified atom stereocenters. The van der Waals surface area contributed by atoms with Gasteiger partial charge in [-0.3, -0.25) is 14.0 Å². The van der Waals surface area contributed by atoms with Gasteiger partial charge in [-0.05, 0) is 19.9 Å². The van der Waals surface area contributed by atoms with Crippen LogP contribution in [0.5, 0.6) is 0 Å². The molecule has 0 fully saturated rings. The summed E-state index contributed by atoms with van der Waals surface area (Å²) in [5.41, 5.74) is 7.11. The Bertz CT molecular complexity index is 448. The number of anilines is 1. The van der Waals surface area contributed by atoms with Crippen LogP contribution < -0.4 is 11.1 Å². The number of nitrogens with zero attached hydrogens (tertiary/aromatic N) is 1. The molecule has 0 saturated carbocycles. The van der Waals surface area contributed by atoms with Crippen molar-refractivity contribution in [2.75, 3.05) is 18.5 Å². The lowest BCUT2D eigenvalue weighted by molar-refractivity contribution is 0.0953. The summed E-state index contributed by atoms with van der Waals surface area (Å²) in [4.78, 5) is 15.9. The Balaban J connectivity index is 2.70. The molecule has 1 rings (SSSR count). The number of hydrogen-bond donors (Lipinski definition) is 2. The number of nitrogens with two attached hydrogens (primary N) is 1. The van der Waals surface area contributed by atoms with Crippen LogP contribution >= 0.6 is 0 Å². The number of carbonyl (C=O) groups is 1. The van der Waals surface area contributed by atoms with Crippen molar-refractivity contribution in [2.24, 2.45) is 0 Å². The Morgan fingerprint density at radius 2 is 2.29 bits per heavy atom. The maximum absolute atomic E-state index is 11.8. The van der Waals surface area contributed by atoms with Gasteiger partial charge in [-0.15, -0.1) is 0 Å². The molecule has 1 aromatic rings. The highest BCUT2D eigenvalue weighted by Crippen LogP contribution is 2.09. The van der Waals surface area contributed by atoms with E-state index in [1.54, 1.807) is 19.2 Å². The molecule has 0 radical (unpaired) electrons. The fourth-order valence-corrected chi connectivity index (χ4v) is 1.55. The molecule has 3 N–H and O–H groups in total. The summed E-state index contributed by atoms with van der Waals surface area (Å²) in [6.07, 6.45) is 3.12. The minimum Gasteiger partial charge on any atom is -0.397 e. The summed E-state index contributed by atoms with van der Waals surface area (Å²) in [5, 5.41) is 2.64. The first kappa shape index (κ1) is 13.6. The zero-order chi connectivity index (χ0) is 13.0. The highest BCUT2D eigenvalue weighted by atomic mass is 32.2. The molecule has 0 aliphatic rings. The molecule has 6 heteroatoms. The quantitative estimate of drug-likeness (QED) is 0.819. The van der Waals surface area contributed by atoms with E-state index in [1.165, 1.54) is 6.20 Å². The molecule has 0 spiro atoms. The van der Waals surface area contributed by atoms with Gasteiger partial charge in [-0.2, -0.15) is 0 Å². The molecule has 0 saturated heterocycles. The van der Waals surface area contributed by atoms with Crippen LogP contribution in [0.3, 0.4) is 0 Å². The second-order valence-electron chi connectivity index (χ2n) is 3.92. The third-order valence-electron chi connectivity index (χ3n) is 2.47. The van der Waals surface area contributed by atoms with E-state index >= 15 is 0 Å². The van der Waals surface area contributed by atoms with Crippen LogP contribution in [0.2, 0.25) is 0 Å². The first-order valence-electron chi connectivity index (χ1n) is 5.24. The molecule has 94 valence electrons. The smallest absolute Gasteiger partial charge is 0.253 e. The summed E-state index contributed by atoms with van der Waals surface area (Å²) in [5.74, 6) is -0.236. The lowest BCUT2D eigenvalue weighted by Gasteiger charge is -2.11. The number of aryl methyl sites for hydroxylation is 1. The number of carbonyl (C=O) groups excluding carboxylic acids is 1. The average Bonchev–Trinajstić information content (AvgIpc) is 2.28. The fourth-order valence-electron chi connectivity index (χ4n) is 1.23. The monoisotopic (exact) mass is 255 g/mol. The van der Waals surface area contributed by atoms with Crippen LogP contribution in [-0.4, -0.2) is 33.2 Å². The van der Waals surface area contributed by atoms with E-state index in [0.717, 1.165) is 0 Å². The Kier molecular flexibility index (Phi) is 4.62. The number of nitrogens with one attached hydrogen (secondary N) is 1. The lowest BCUT2D eigenvalue weighted by atomic mass is 10.2. The minimum absolute atomic E-state index is 0.0757. The van der Waals surface area contributed by atoms with E-state index in [2.05, 4.69) is 10.3 Å². The maximum atomic E-state index is 11.8. The molecule has 0 aliphatic carbocycles. The van der Waals surface area contributed by atoms with Crippen molar-refractivity contribution >= 4 is 22.4 Å². The van der Waals surface area contributed by atoms with Gasteiger partial charge in [-0.1, -0.05) is 0 Å². The van der Waals surface area contributed by atoms with Crippen LogP contribution in [0.4, 0.5) is 5.69 Å².